The van der Waals surface area contributed by atoms with Gasteiger partial charge in [0.2, 0.25) is 0 Å². The summed E-state index contributed by atoms with van der Waals surface area (Å²) in [5.74, 6) is 0.886. The lowest BCUT2D eigenvalue weighted by molar-refractivity contribution is 0.166. The van der Waals surface area contributed by atoms with Gasteiger partial charge in [-0.1, -0.05) is 18.2 Å². The largest absolute Gasteiger partial charge is 0.489 e. The molecule has 1 heterocycles. The summed E-state index contributed by atoms with van der Waals surface area (Å²) >= 11 is 0. The molecule has 3 nitrogen and oxygen atoms in total. The Kier molecular flexibility index (Phi) is 2.20. The van der Waals surface area contributed by atoms with Gasteiger partial charge in [-0.05, 0) is 6.07 Å². The number of ether oxygens (including phenoxy) is 1. The minimum absolute atomic E-state index is 0.0681. The number of para-hydroxylation sites is 1. The van der Waals surface area contributed by atoms with Crippen LogP contribution in [0.1, 0.15) is 18.0 Å². The van der Waals surface area contributed by atoms with Crippen molar-refractivity contribution in [1.29, 1.82) is 0 Å². The number of nitrogens with two attached hydrogens (primary N) is 2. The van der Waals surface area contributed by atoms with E-state index in [9.17, 15) is 0 Å². The molecule has 1 aromatic carbocycles. The Labute approximate surface area is 77.7 Å². The Morgan fingerprint density at radius 1 is 1.38 bits per heavy atom. The Hall–Kier alpha value is -1.06. The highest BCUT2D eigenvalue weighted by Crippen LogP contribution is 2.32. The first-order valence-corrected chi connectivity index (χ1v) is 4.52. The zero-order chi connectivity index (χ0) is 9.26. The van der Waals surface area contributed by atoms with Gasteiger partial charge in [-0.15, -0.1) is 0 Å². The van der Waals surface area contributed by atoms with Crippen LogP contribution in [0.3, 0.4) is 0 Å². The maximum Gasteiger partial charge on any atom is 0.124 e. The molecule has 1 unspecified atom stereocenters. The molecule has 1 aromatic rings. The smallest absolute Gasteiger partial charge is 0.124 e. The van der Waals surface area contributed by atoms with Crippen molar-refractivity contribution >= 4 is 0 Å². The van der Waals surface area contributed by atoms with Crippen LogP contribution in [0.15, 0.2) is 24.3 Å². The predicted octanol–water partition coefficient (Wildman–Crippen LogP) is 0.796. The summed E-state index contributed by atoms with van der Waals surface area (Å²) in [5, 5.41) is 0. The van der Waals surface area contributed by atoms with Crippen molar-refractivity contribution in [1.82, 2.24) is 0 Å². The molecule has 2 atom stereocenters. The highest BCUT2D eigenvalue weighted by Gasteiger charge is 2.23. The average Bonchev–Trinajstić information content (AvgIpc) is 2.18. The van der Waals surface area contributed by atoms with E-state index >= 15 is 0 Å². The molecule has 1 aliphatic rings. The van der Waals surface area contributed by atoms with E-state index in [1.807, 2.05) is 24.3 Å². The molecule has 0 bridgehead atoms. The summed E-state index contributed by atoms with van der Waals surface area (Å²) in [6, 6.07) is 7.94. The zero-order valence-corrected chi connectivity index (χ0v) is 7.44. The van der Waals surface area contributed by atoms with Gasteiger partial charge in [0, 0.05) is 24.6 Å². The quantitative estimate of drug-likeness (QED) is 0.668. The number of hydrogen-bond acceptors (Lipinski definition) is 3. The van der Waals surface area contributed by atoms with Gasteiger partial charge in [0.15, 0.2) is 0 Å². The standard InChI is InChI=1S/C10H14N2O/c11-6-7-5-9(12)8-3-1-2-4-10(8)13-7/h1-4,7,9H,5-6,11-12H2/t7?,9-/m0/s1. The topological polar surface area (TPSA) is 61.3 Å². The SMILES string of the molecule is NCC1C[C@H](N)c2ccccc2O1. The molecule has 13 heavy (non-hydrogen) atoms. The number of rotatable bonds is 1. The molecular weight excluding hydrogens is 164 g/mol. The summed E-state index contributed by atoms with van der Waals surface area (Å²) in [6.07, 6.45) is 0.887. The van der Waals surface area contributed by atoms with Crippen LogP contribution in [0.25, 0.3) is 0 Å². The molecule has 0 fully saturated rings. The van der Waals surface area contributed by atoms with Gasteiger partial charge < -0.3 is 16.2 Å². The van der Waals surface area contributed by atoms with E-state index in [0.29, 0.717) is 6.54 Å². The third-order valence-corrected chi connectivity index (χ3v) is 2.39. The highest BCUT2D eigenvalue weighted by atomic mass is 16.5. The fourth-order valence-electron chi connectivity index (χ4n) is 1.68. The maximum atomic E-state index is 5.98. The summed E-state index contributed by atoms with van der Waals surface area (Å²) in [5.41, 5.74) is 12.6. The second-order valence-corrected chi connectivity index (χ2v) is 3.36. The second kappa shape index (κ2) is 3.36. The molecule has 4 N–H and O–H groups in total. The minimum Gasteiger partial charge on any atom is -0.489 e. The number of fused-ring (bicyclic) bond motifs is 1. The van der Waals surface area contributed by atoms with Gasteiger partial charge in [0.05, 0.1) is 0 Å². The lowest BCUT2D eigenvalue weighted by atomic mass is 9.97. The number of benzene rings is 1. The Bertz CT molecular complexity index is 301. The molecule has 70 valence electrons. The van der Waals surface area contributed by atoms with Gasteiger partial charge >= 0.3 is 0 Å². The van der Waals surface area contributed by atoms with Crippen LogP contribution in [0, 0.1) is 0 Å². The van der Waals surface area contributed by atoms with Crippen molar-refractivity contribution in [2.24, 2.45) is 11.5 Å². The van der Waals surface area contributed by atoms with Crippen LogP contribution < -0.4 is 16.2 Å². The van der Waals surface area contributed by atoms with Crippen molar-refractivity contribution in [2.45, 2.75) is 18.6 Å². The van der Waals surface area contributed by atoms with Gasteiger partial charge in [0.1, 0.15) is 11.9 Å². The molecule has 0 radical (unpaired) electrons. The molecule has 1 aliphatic heterocycles. The van der Waals surface area contributed by atoms with Crippen molar-refractivity contribution in [3.63, 3.8) is 0 Å². The molecule has 2 rings (SSSR count). The third kappa shape index (κ3) is 1.53. The van der Waals surface area contributed by atoms with Crippen LogP contribution in [0.5, 0.6) is 5.75 Å². The molecule has 0 aliphatic carbocycles. The van der Waals surface area contributed by atoms with Gasteiger partial charge in [0.25, 0.3) is 0 Å². The first-order chi connectivity index (χ1) is 6.31. The summed E-state index contributed by atoms with van der Waals surface area (Å²) in [6.45, 7) is 0.530. The summed E-state index contributed by atoms with van der Waals surface area (Å²) in [4.78, 5) is 0. The maximum absolute atomic E-state index is 5.98. The van der Waals surface area contributed by atoms with Crippen LogP contribution in [-0.2, 0) is 0 Å². The van der Waals surface area contributed by atoms with Gasteiger partial charge in [-0.25, -0.2) is 0 Å². The second-order valence-electron chi connectivity index (χ2n) is 3.36. The van der Waals surface area contributed by atoms with Crippen molar-refractivity contribution in [3.05, 3.63) is 29.8 Å². The fraction of sp³-hybridized carbons (Fsp3) is 0.400. The van der Waals surface area contributed by atoms with Crippen LogP contribution in [-0.4, -0.2) is 12.6 Å². The lowest BCUT2D eigenvalue weighted by Crippen LogP contribution is -2.34. The normalized spacial score (nSPS) is 26.3. The molecule has 0 amide bonds. The van der Waals surface area contributed by atoms with Gasteiger partial charge in [-0.3, -0.25) is 0 Å². The zero-order valence-electron chi connectivity index (χ0n) is 7.44. The fourth-order valence-corrected chi connectivity index (χ4v) is 1.68. The molecule has 0 aromatic heterocycles. The van der Waals surface area contributed by atoms with E-state index in [-0.39, 0.29) is 12.1 Å². The monoisotopic (exact) mass is 178 g/mol. The van der Waals surface area contributed by atoms with E-state index in [1.54, 1.807) is 0 Å². The summed E-state index contributed by atoms with van der Waals surface area (Å²) < 4.78 is 5.65. The summed E-state index contributed by atoms with van der Waals surface area (Å²) in [7, 11) is 0. The van der Waals surface area contributed by atoms with Crippen LogP contribution in [0.2, 0.25) is 0 Å². The molecule has 0 spiro atoms. The van der Waals surface area contributed by atoms with Crippen LogP contribution >= 0.6 is 0 Å². The first-order valence-electron chi connectivity index (χ1n) is 4.52. The van der Waals surface area contributed by atoms with E-state index in [2.05, 4.69) is 0 Å². The van der Waals surface area contributed by atoms with E-state index in [4.69, 9.17) is 16.2 Å². The molecule has 0 saturated carbocycles. The lowest BCUT2D eigenvalue weighted by Gasteiger charge is -2.29. The Balaban J connectivity index is 2.31. The Morgan fingerprint density at radius 3 is 2.92 bits per heavy atom. The minimum atomic E-state index is 0.0681. The molecular formula is C10H14N2O. The Morgan fingerprint density at radius 2 is 2.15 bits per heavy atom. The number of hydrogen-bond donors (Lipinski definition) is 2. The van der Waals surface area contributed by atoms with Crippen molar-refractivity contribution < 1.29 is 4.74 Å². The van der Waals surface area contributed by atoms with Gasteiger partial charge in [-0.2, -0.15) is 0 Å². The van der Waals surface area contributed by atoms with Crippen molar-refractivity contribution in [2.75, 3.05) is 6.54 Å². The predicted molar refractivity (Wildman–Crippen MR) is 51.5 cm³/mol. The molecule has 3 heteroatoms. The van der Waals surface area contributed by atoms with Crippen molar-refractivity contribution in [3.8, 4) is 5.75 Å². The van der Waals surface area contributed by atoms with Crippen LogP contribution in [0.4, 0.5) is 0 Å². The first kappa shape index (κ1) is 8.53. The third-order valence-electron chi connectivity index (χ3n) is 2.39. The van der Waals surface area contributed by atoms with E-state index in [0.717, 1.165) is 17.7 Å². The molecule has 0 saturated heterocycles. The van der Waals surface area contributed by atoms with E-state index < -0.39 is 0 Å². The van der Waals surface area contributed by atoms with E-state index in [1.165, 1.54) is 0 Å². The highest BCUT2D eigenvalue weighted by molar-refractivity contribution is 5.37. The average molecular weight is 178 g/mol.